The molecule has 4 atom stereocenters. The molecular weight excluding hydrogens is 500 g/mol. The molecule has 0 fully saturated rings. The summed E-state index contributed by atoms with van der Waals surface area (Å²) in [6, 6.07) is 12.0. The molecule has 9 heteroatoms. The first-order valence-corrected chi connectivity index (χ1v) is 13.4. The van der Waals surface area contributed by atoms with Crippen LogP contribution in [0.5, 0.6) is 11.5 Å². The zero-order valence-electron chi connectivity index (χ0n) is 22.7. The van der Waals surface area contributed by atoms with Crippen LogP contribution in [0.15, 0.2) is 54.1 Å². The van der Waals surface area contributed by atoms with Gasteiger partial charge >= 0.3 is 0 Å². The fourth-order valence-corrected chi connectivity index (χ4v) is 5.33. The first kappa shape index (κ1) is 28.6. The van der Waals surface area contributed by atoms with Crippen molar-refractivity contribution in [3.63, 3.8) is 0 Å². The number of rotatable bonds is 11. The van der Waals surface area contributed by atoms with Crippen molar-refractivity contribution in [1.82, 2.24) is 10.2 Å². The molecule has 9 nitrogen and oxygen atoms in total. The number of hydrogen-bond donors (Lipinski definition) is 4. The number of fused-ring (bicyclic) bond motifs is 3. The van der Waals surface area contributed by atoms with Crippen molar-refractivity contribution < 1.29 is 34.4 Å². The van der Waals surface area contributed by atoms with Gasteiger partial charge in [0.05, 0.1) is 38.7 Å². The molecule has 0 bridgehead atoms. The molecule has 2 aromatic rings. The van der Waals surface area contributed by atoms with Gasteiger partial charge in [0, 0.05) is 24.2 Å². The van der Waals surface area contributed by atoms with Crippen LogP contribution in [0.4, 0.5) is 0 Å². The van der Waals surface area contributed by atoms with Crippen molar-refractivity contribution in [3.05, 3.63) is 70.8 Å². The van der Waals surface area contributed by atoms with Crippen LogP contribution in [0, 0.1) is 5.92 Å². The van der Waals surface area contributed by atoms with Crippen LogP contribution < -0.4 is 14.8 Å². The zero-order chi connectivity index (χ0) is 28.1. The molecule has 4 unspecified atom stereocenters. The Labute approximate surface area is 229 Å². The highest BCUT2D eigenvalue weighted by Gasteiger charge is 2.51. The number of amides is 2. The first-order valence-electron chi connectivity index (χ1n) is 13.4. The Balaban J connectivity index is 1.77. The minimum atomic E-state index is -1.13. The number of nitrogens with zero attached hydrogens (tertiary/aromatic N) is 1. The van der Waals surface area contributed by atoms with Gasteiger partial charge in [0.25, 0.3) is 0 Å². The summed E-state index contributed by atoms with van der Waals surface area (Å²) in [5.41, 5.74) is 2.39. The zero-order valence-corrected chi connectivity index (χ0v) is 22.7. The van der Waals surface area contributed by atoms with E-state index in [1.807, 2.05) is 30.3 Å². The average molecular weight is 539 g/mol. The summed E-state index contributed by atoms with van der Waals surface area (Å²) in [7, 11) is 1.49. The van der Waals surface area contributed by atoms with E-state index in [-0.39, 0.29) is 32.1 Å². The summed E-state index contributed by atoms with van der Waals surface area (Å²) in [6.07, 6.45) is 0.542. The van der Waals surface area contributed by atoms with Gasteiger partial charge in [-0.3, -0.25) is 9.59 Å². The maximum atomic E-state index is 13.7. The van der Waals surface area contributed by atoms with Crippen LogP contribution in [0.3, 0.4) is 0 Å². The van der Waals surface area contributed by atoms with Gasteiger partial charge in [-0.2, -0.15) is 0 Å². The summed E-state index contributed by atoms with van der Waals surface area (Å²) in [5.74, 6) is -0.126. The van der Waals surface area contributed by atoms with E-state index in [9.17, 15) is 24.9 Å². The Morgan fingerprint density at radius 2 is 1.87 bits per heavy atom. The topological polar surface area (TPSA) is 129 Å². The number of methoxy groups -OCH3 is 1. The van der Waals surface area contributed by atoms with Crippen molar-refractivity contribution in [2.24, 2.45) is 5.92 Å². The summed E-state index contributed by atoms with van der Waals surface area (Å²) in [4.78, 5) is 28.7. The predicted molar refractivity (Wildman–Crippen MR) is 145 cm³/mol. The normalized spacial score (nSPS) is 21.5. The summed E-state index contributed by atoms with van der Waals surface area (Å²) in [6.45, 7) is 4.12. The van der Waals surface area contributed by atoms with Crippen molar-refractivity contribution in [1.29, 1.82) is 0 Å². The minimum absolute atomic E-state index is 0.0541. The first-order chi connectivity index (χ1) is 18.8. The molecule has 39 heavy (non-hydrogen) atoms. The largest absolute Gasteiger partial charge is 0.493 e. The van der Waals surface area contributed by atoms with Gasteiger partial charge in [0.1, 0.15) is 12.2 Å². The number of hydrogen-bond acceptors (Lipinski definition) is 7. The molecule has 2 aromatic carbocycles. The van der Waals surface area contributed by atoms with Crippen LogP contribution in [0.25, 0.3) is 0 Å². The molecule has 0 saturated carbocycles. The van der Waals surface area contributed by atoms with Gasteiger partial charge in [-0.25, -0.2) is 0 Å². The van der Waals surface area contributed by atoms with Gasteiger partial charge in [0.2, 0.25) is 11.8 Å². The standard InChI is InChI=1S/C30H38N2O7/c1-18(2)9-11-32(25(35)15-19-7-5-4-6-8-19)23-16-22(30(37)31-10-12-33)26-21-13-20(17-34)14-24(38-3)28(21)39-29(26)27(23)36/h4-8,13-14,16,18,23,26-27,29,33-34,36H,9-12,15,17H2,1-3H3,(H,31,37). The Hall–Kier alpha value is -3.40. The van der Waals surface area contributed by atoms with Crippen LogP contribution in [-0.4, -0.2) is 77.1 Å². The van der Waals surface area contributed by atoms with Crippen LogP contribution in [0.2, 0.25) is 0 Å². The summed E-state index contributed by atoms with van der Waals surface area (Å²) >= 11 is 0. The predicted octanol–water partition coefficient (Wildman–Crippen LogP) is 1.93. The SMILES string of the molecule is COc1cc(CO)cc2c1OC1C2C(C(=O)NCCO)=CC(N(CCC(C)C)C(=O)Cc2ccccc2)C1O. The monoisotopic (exact) mass is 538 g/mol. The van der Waals surface area contributed by atoms with E-state index in [0.717, 1.165) is 5.56 Å². The van der Waals surface area contributed by atoms with Gasteiger partial charge in [-0.05, 0) is 41.7 Å². The quantitative estimate of drug-likeness (QED) is 0.344. The molecule has 0 aromatic heterocycles. The lowest BCUT2D eigenvalue weighted by Crippen LogP contribution is -2.56. The van der Waals surface area contributed by atoms with Gasteiger partial charge in [0.15, 0.2) is 11.5 Å². The van der Waals surface area contributed by atoms with Gasteiger partial charge < -0.3 is 35.0 Å². The third-order valence-electron chi connectivity index (χ3n) is 7.32. The molecule has 0 radical (unpaired) electrons. The summed E-state index contributed by atoms with van der Waals surface area (Å²) < 4.78 is 11.8. The lowest BCUT2D eigenvalue weighted by Gasteiger charge is -2.41. The van der Waals surface area contributed by atoms with E-state index in [1.165, 1.54) is 7.11 Å². The fraction of sp³-hybridized carbons (Fsp3) is 0.467. The van der Waals surface area contributed by atoms with E-state index in [0.29, 0.717) is 47.1 Å². The maximum absolute atomic E-state index is 13.7. The number of carbonyl (C=O) groups excluding carboxylic acids is 2. The van der Waals surface area contributed by atoms with Crippen molar-refractivity contribution >= 4 is 11.8 Å². The molecule has 2 amide bonds. The molecule has 0 saturated heterocycles. The van der Waals surface area contributed by atoms with E-state index < -0.39 is 30.1 Å². The average Bonchev–Trinajstić information content (AvgIpc) is 3.32. The smallest absolute Gasteiger partial charge is 0.247 e. The molecule has 4 rings (SSSR count). The Morgan fingerprint density at radius 3 is 2.51 bits per heavy atom. The van der Waals surface area contributed by atoms with Gasteiger partial charge in [-0.1, -0.05) is 44.2 Å². The highest BCUT2D eigenvalue weighted by molar-refractivity contribution is 5.96. The summed E-state index contributed by atoms with van der Waals surface area (Å²) in [5, 5.41) is 33.6. The molecule has 1 aliphatic heterocycles. The Bertz CT molecular complexity index is 1200. The number of carbonyl (C=O) groups is 2. The van der Waals surface area contributed by atoms with Gasteiger partial charge in [-0.15, -0.1) is 0 Å². The highest BCUT2D eigenvalue weighted by atomic mass is 16.5. The number of ether oxygens (including phenoxy) is 2. The fourth-order valence-electron chi connectivity index (χ4n) is 5.33. The lowest BCUT2D eigenvalue weighted by atomic mass is 9.77. The number of aliphatic hydroxyl groups is 3. The maximum Gasteiger partial charge on any atom is 0.247 e. The molecule has 1 aliphatic carbocycles. The second kappa shape index (κ2) is 12.6. The van der Waals surface area contributed by atoms with E-state index in [2.05, 4.69) is 19.2 Å². The molecular formula is C30H38N2O7. The van der Waals surface area contributed by atoms with E-state index in [1.54, 1.807) is 23.1 Å². The lowest BCUT2D eigenvalue weighted by molar-refractivity contribution is -0.136. The number of nitrogens with one attached hydrogen (secondary N) is 1. The van der Waals surface area contributed by atoms with Crippen molar-refractivity contribution in [2.75, 3.05) is 26.8 Å². The second-order valence-corrected chi connectivity index (χ2v) is 10.4. The molecule has 1 heterocycles. The molecule has 4 N–H and O–H groups in total. The highest BCUT2D eigenvalue weighted by Crippen LogP contribution is 2.51. The van der Waals surface area contributed by atoms with Crippen LogP contribution >= 0.6 is 0 Å². The van der Waals surface area contributed by atoms with Crippen LogP contribution in [0.1, 0.15) is 42.9 Å². The Morgan fingerprint density at radius 1 is 1.13 bits per heavy atom. The molecule has 210 valence electrons. The van der Waals surface area contributed by atoms with E-state index in [4.69, 9.17) is 9.47 Å². The third-order valence-corrected chi connectivity index (χ3v) is 7.32. The molecule has 0 spiro atoms. The third kappa shape index (κ3) is 6.11. The molecule has 2 aliphatic rings. The number of aliphatic hydroxyl groups excluding tert-OH is 3. The Kier molecular flexibility index (Phi) is 9.27. The number of benzene rings is 2. The second-order valence-electron chi connectivity index (χ2n) is 10.4. The van der Waals surface area contributed by atoms with Crippen molar-refractivity contribution in [3.8, 4) is 11.5 Å². The van der Waals surface area contributed by atoms with E-state index >= 15 is 0 Å². The minimum Gasteiger partial charge on any atom is -0.493 e. The van der Waals surface area contributed by atoms with Crippen LogP contribution in [-0.2, 0) is 22.6 Å². The van der Waals surface area contributed by atoms with Crippen molar-refractivity contribution in [2.45, 2.75) is 57.5 Å².